The second-order valence-electron chi connectivity index (χ2n) is 4.67. The predicted molar refractivity (Wildman–Crippen MR) is 77.2 cm³/mol. The molecule has 0 spiro atoms. The first kappa shape index (κ1) is 13.2. The van der Waals surface area contributed by atoms with E-state index >= 15 is 0 Å². The first-order valence-electron chi connectivity index (χ1n) is 6.28. The molecule has 3 aromatic rings. The summed E-state index contributed by atoms with van der Waals surface area (Å²) in [5.41, 5.74) is 1.13. The summed E-state index contributed by atoms with van der Waals surface area (Å²) in [6, 6.07) is 10.5. The summed E-state index contributed by atoms with van der Waals surface area (Å²) < 4.78 is 5.58. The maximum Gasteiger partial charge on any atom is 0.197 e. The fourth-order valence-corrected chi connectivity index (χ4v) is 2.17. The molecule has 3 N–H and O–H groups in total. The molecule has 0 saturated heterocycles. The molecule has 0 aliphatic heterocycles. The number of aromatic hydroxyl groups is 2. The topological polar surface area (TPSA) is 90.9 Å². The molecule has 106 valence electrons. The number of aliphatic hydroxyl groups excluding tert-OH is 1. The molecule has 3 rings (SSSR count). The maximum atomic E-state index is 12.1. The van der Waals surface area contributed by atoms with Crippen molar-refractivity contribution in [1.29, 1.82) is 0 Å². The predicted octanol–water partition coefficient (Wildman–Crippen LogP) is 2.36. The lowest BCUT2D eigenvalue weighted by atomic mass is 10.1. The van der Waals surface area contributed by atoms with Gasteiger partial charge in [0.15, 0.2) is 5.43 Å². The summed E-state index contributed by atoms with van der Waals surface area (Å²) in [7, 11) is 0. The third-order valence-corrected chi connectivity index (χ3v) is 3.22. The normalized spacial score (nSPS) is 10.9. The highest BCUT2D eigenvalue weighted by atomic mass is 16.3. The van der Waals surface area contributed by atoms with Gasteiger partial charge in [-0.2, -0.15) is 0 Å². The average molecular weight is 284 g/mol. The minimum atomic E-state index is -0.394. The zero-order valence-corrected chi connectivity index (χ0v) is 10.9. The van der Waals surface area contributed by atoms with Crippen LogP contribution in [0.25, 0.3) is 22.3 Å². The molecule has 0 radical (unpaired) electrons. The summed E-state index contributed by atoms with van der Waals surface area (Å²) in [5, 5.41) is 28.2. The van der Waals surface area contributed by atoms with Gasteiger partial charge in [0, 0.05) is 23.8 Å². The molecular weight excluding hydrogens is 272 g/mol. The van der Waals surface area contributed by atoms with E-state index in [0.717, 1.165) is 11.6 Å². The molecule has 0 aliphatic rings. The zero-order chi connectivity index (χ0) is 15.0. The molecule has 1 aromatic heterocycles. The summed E-state index contributed by atoms with van der Waals surface area (Å²) >= 11 is 0. The molecule has 0 amide bonds. The largest absolute Gasteiger partial charge is 0.508 e. The summed E-state index contributed by atoms with van der Waals surface area (Å²) in [6.07, 6.45) is 0. The van der Waals surface area contributed by atoms with Crippen LogP contribution in [0, 0.1) is 0 Å². The fourth-order valence-electron chi connectivity index (χ4n) is 2.17. The van der Waals surface area contributed by atoms with E-state index in [2.05, 4.69) is 0 Å². The van der Waals surface area contributed by atoms with Crippen LogP contribution in [0.4, 0.5) is 0 Å². The fraction of sp³-hybridized carbons (Fsp3) is 0.0625. The van der Waals surface area contributed by atoms with Gasteiger partial charge in [-0.05, 0) is 5.56 Å². The van der Waals surface area contributed by atoms with Crippen molar-refractivity contribution in [3.63, 3.8) is 0 Å². The molecule has 1 heterocycles. The first-order valence-corrected chi connectivity index (χ1v) is 6.28. The van der Waals surface area contributed by atoms with Crippen LogP contribution in [0.2, 0.25) is 0 Å². The summed E-state index contributed by atoms with van der Waals surface area (Å²) in [5.74, 6) is -0.182. The van der Waals surface area contributed by atoms with Gasteiger partial charge < -0.3 is 19.7 Å². The highest BCUT2D eigenvalue weighted by Gasteiger charge is 2.12. The Morgan fingerprint density at radius 1 is 1.00 bits per heavy atom. The van der Waals surface area contributed by atoms with Crippen LogP contribution in [-0.2, 0) is 6.61 Å². The van der Waals surface area contributed by atoms with Crippen molar-refractivity contribution in [3.05, 3.63) is 58.3 Å². The number of hydrogen-bond donors (Lipinski definition) is 3. The third kappa shape index (κ3) is 2.34. The number of benzene rings is 2. The third-order valence-electron chi connectivity index (χ3n) is 3.22. The second kappa shape index (κ2) is 4.96. The SMILES string of the molecule is O=c1cc(-c2ccc(CO)cc2)oc2cc(O)cc(O)c12. The van der Waals surface area contributed by atoms with Crippen LogP contribution in [0.1, 0.15) is 5.56 Å². The van der Waals surface area contributed by atoms with E-state index in [-0.39, 0.29) is 29.1 Å². The lowest BCUT2D eigenvalue weighted by molar-refractivity contribution is 0.282. The van der Waals surface area contributed by atoms with E-state index in [1.54, 1.807) is 24.3 Å². The van der Waals surface area contributed by atoms with Crippen molar-refractivity contribution in [2.24, 2.45) is 0 Å². The van der Waals surface area contributed by atoms with E-state index in [4.69, 9.17) is 9.52 Å². The monoisotopic (exact) mass is 284 g/mol. The Kier molecular flexibility index (Phi) is 3.12. The van der Waals surface area contributed by atoms with E-state index in [1.807, 2.05) is 0 Å². The Labute approximate surface area is 119 Å². The Morgan fingerprint density at radius 3 is 2.38 bits per heavy atom. The van der Waals surface area contributed by atoms with E-state index in [0.29, 0.717) is 11.3 Å². The molecule has 21 heavy (non-hydrogen) atoms. The van der Waals surface area contributed by atoms with Gasteiger partial charge in [0.05, 0.1) is 6.61 Å². The minimum Gasteiger partial charge on any atom is -0.508 e. The van der Waals surface area contributed by atoms with Gasteiger partial charge >= 0.3 is 0 Å². The van der Waals surface area contributed by atoms with Crippen LogP contribution in [0.15, 0.2) is 51.7 Å². The Bertz CT molecular complexity index is 862. The molecule has 0 atom stereocenters. The van der Waals surface area contributed by atoms with Gasteiger partial charge in [0.1, 0.15) is 28.2 Å². The van der Waals surface area contributed by atoms with Crippen molar-refractivity contribution in [2.75, 3.05) is 0 Å². The van der Waals surface area contributed by atoms with Crippen LogP contribution < -0.4 is 5.43 Å². The molecule has 2 aromatic carbocycles. The van der Waals surface area contributed by atoms with E-state index in [9.17, 15) is 15.0 Å². The first-order chi connectivity index (χ1) is 10.1. The quantitative estimate of drug-likeness (QED) is 0.672. The van der Waals surface area contributed by atoms with Crippen LogP contribution in [-0.4, -0.2) is 15.3 Å². The van der Waals surface area contributed by atoms with Crippen LogP contribution in [0.5, 0.6) is 11.5 Å². The molecule has 5 nitrogen and oxygen atoms in total. The number of phenolic OH excluding ortho intramolecular Hbond substituents is 2. The van der Waals surface area contributed by atoms with Crippen molar-refractivity contribution in [1.82, 2.24) is 0 Å². The van der Waals surface area contributed by atoms with Crippen LogP contribution >= 0.6 is 0 Å². The van der Waals surface area contributed by atoms with Gasteiger partial charge in [-0.25, -0.2) is 0 Å². The highest BCUT2D eigenvalue weighted by Crippen LogP contribution is 2.30. The van der Waals surface area contributed by atoms with Gasteiger partial charge in [-0.15, -0.1) is 0 Å². The average Bonchev–Trinajstić information content (AvgIpc) is 2.46. The van der Waals surface area contributed by atoms with Gasteiger partial charge in [0.2, 0.25) is 0 Å². The summed E-state index contributed by atoms with van der Waals surface area (Å²) in [6.45, 7) is -0.0658. The maximum absolute atomic E-state index is 12.1. The van der Waals surface area contributed by atoms with Crippen molar-refractivity contribution in [3.8, 4) is 22.8 Å². The highest BCUT2D eigenvalue weighted by molar-refractivity contribution is 5.85. The molecular formula is C16H12O5. The number of rotatable bonds is 2. The molecule has 0 fully saturated rings. The molecule has 0 saturated carbocycles. The number of phenols is 2. The number of hydrogen-bond acceptors (Lipinski definition) is 5. The van der Waals surface area contributed by atoms with Crippen molar-refractivity contribution >= 4 is 11.0 Å². The lowest BCUT2D eigenvalue weighted by Crippen LogP contribution is -2.00. The van der Waals surface area contributed by atoms with Crippen LogP contribution in [0.3, 0.4) is 0 Å². The smallest absolute Gasteiger partial charge is 0.197 e. The van der Waals surface area contributed by atoms with E-state index in [1.165, 1.54) is 12.1 Å². The van der Waals surface area contributed by atoms with Crippen molar-refractivity contribution < 1.29 is 19.7 Å². The summed E-state index contributed by atoms with van der Waals surface area (Å²) in [4.78, 5) is 12.1. The molecule has 0 aliphatic carbocycles. The van der Waals surface area contributed by atoms with E-state index < -0.39 is 5.43 Å². The number of fused-ring (bicyclic) bond motifs is 1. The molecule has 0 bridgehead atoms. The second-order valence-corrected chi connectivity index (χ2v) is 4.67. The van der Waals surface area contributed by atoms with Gasteiger partial charge in [0.25, 0.3) is 0 Å². The minimum absolute atomic E-state index is 0.0310. The number of aliphatic hydroxyl groups is 1. The standard InChI is InChI=1S/C16H12O5/c17-8-9-1-3-10(4-2-9)14-7-13(20)16-12(19)5-11(18)6-15(16)21-14/h1-7,17-19H,8H2. The Hall–Kier alpha value is -2.79. The Morgan fingerprint density at radius 2 is 1.71 bits per heavy atom. The zero-order valence-electron chi connectivity index (χ0n) is 10.9. The van der Waals surface area contributed by atoms with Gasteiger partial charge in [-0.1, -0.05) is 24.3 Å². The lowest BCUT2D eigenvalue weighted by Gasteiger charge is -2.05. The molecule has 0 unspecified atom stereocenters. The van der Waals surface area contributed by atoms with Gasteiger partial charge in [-0.3, -0.25) is 4.79 Å². The molecule has 5 heteroatoms. The van der Waals surface area contributed by atoms with Crippen molar-refractivity contribution in [2.45, 2.75) is 6.61 Å². The Balaban J connectivity index is 2.22.